The molecule has 1 unspecified atom stereocenters. The predicted octanol–water partition coefficient (Wildman–Crippen LogP) is 2.16. The minimum absolute atomic E-state index is 0.186. The van der Waals surface area contributed by atoms with Gasteiger partial charge in [-0.25, -0.2) is 0 Å². The summed E-state index contributed by atoms with van der Waals surface area (Å²) in [5, 5.41) is 0. The third-order valence-corrected chi connectivity index (χ3v) is 4.18. The first-order valence-corrected chi connectivity index (χ1v) is 6.66. The Kier molecular flexibility index (Phi) is 2.67. The molecule has 0 heterocycles. The molecule has 3 nitrogen and oxygen atoms in total. The summed E-state index contributed by atoms with van der Waals surface area (Å²) in [5.41, 5.74) is 7.80. The fraction of sp³-hybridized carbons (Fsp3) is 0.533. The lowest BCUT2D eigenvalue weighted by Crippen LogP contribution is -2.48. The van der Waals surface area contributed by atoms with E-state index in [0.29, 0.717) is 0 Å². The van der Waals surface area contributed by atoms with Crippen molar-refractivity contribution in [3.05, 3.63) is 29.3 Å². The first kappa shape index (κ1) is 11.7. The van der Waals surface area contributed by atoms with Gasteiger partial charge in [0, 0.05) is 11.5 Å². The summed E-state index contributed by atoms with van der Waals surface area (Å²) in [6.45, 7) is 0. The standard InChI is InChI=1S/C15H19NO2/c1-18-12-6-2-4-10-5-3-9-15(16,13(10)12)14(17)11-7-8-11/h2,4,6,11H,3,5,7-9,16H2,1H3. The summed E-state index contributed by atoms with van der Waals surface area (Å²) in [6.07, 6.45) is 4.72. The molecule has 3 heteroatoms. The van der Waals surface area contributed by atoms with E-state index in [9.17, 15) is 4.79 Å². The zero-order valence-corrected chi connectivity index (χ0v) is 10.7. The number of Topliss-reactive ketones (excluding diaryl/α,β-unsaturated/α-hetero) is 1. The Labute approximate surface area is 107 Å². The van der Waals surface area contributed by atoms with Crippen LogP contribution >= 0.6 is 0 Å². The van der Waals surface area contributed by atoms with Gasteiger partial charge in [-0.3, -0.25) is 4.79 Å². The second-order valence-electron chi connectivity index (χ2n) is 5.46. The van der Waals surface area contributed by atoms with Crippen LogP contribution in [0.25, 0.3) is 0 Å². The number of aryl methyl sites for hydroxylation is 1. The molecule has 1 saturated carbocycles. The normalized spacial score (nSPS) is 26.6. The fourth-order valence-electron chi connectivity index (χ4n) is 3.10. The molecule has 0 aromatic heterocycles. The van der Waals surface area contributed by atoms with E-state index >= 15 is 0 Å². The Bertz CT molecular complexity index is 479. The highest BCUT2D eigenvalue weighted by atomic mass is 16.5. The number of benzene rings is 1. The van der Waals surface area contributed by atoms with Crippen molar-refractivity contribution >= 4 is 5.78 Å². The van der Waals surface area contributed by atoms with Crippen LogP contribution < -0.4 is 10.5 Å². The smallest absolute Gasteiger partial charge is 0.160 e. The number of fused-ring (bicyclic) bond motifs is 1. The van der Waals surface area contributed by atoms with Gasteiger partial charge in [0.2, 0.25) is 0 Å². The summed E-state index contributed by atoms with van der Waals surface area (Å²) < 4.78 is 5.43. The Balaban J connectivity index is 2.12. The summed E-state index contributed by atoms with van der Waals surface area (Å²) >= 11 is 0. The second kappa shape index (κ2) is 4.09. The van der Waals surface area contributed by atoms with Crippen molar-refractivity contribution in [2.75, 3.05) is 7.11 Å². The van der Waals surface area contributed by atoms with Gasteiger partial charge in [0.25, 0.3) is 0 Å². The van der Waals surface area contributed by atoms with Crippen molar-refractivity contribution in [1.82, 2.24) is 0 Å². The molecular formula is C15H19NO2. The molecule has 0 saturated heterocycles. The number of methoxy groups -OCH3 is 1. The molecule has 0 aliphatic heterocycles. The Hall–Kier alpha value is -1.35. The van der Waals surface area contributed by atoms with Gasteiger partial charge in [0.05, 0.1) is 7.11 Å². The lowest BCUT2D eigenvalue weighted by atomic mass is 9.73. The molecule has 0 spiro atoms. The Morgan fingerprint density at radius 3 is 2.89 bits per heavy atom. The van der Waals surface area contributed by atoms with E-state index in [4.69, 9.17) is 10.5 Å². The maximum Gasteiger partial charge on any atom is 0.160 e. The van der Waals surface area contributed by atoms with Crippen molar-refractivity contribution < 1.29 is 9.53 Å². The Morgan fingerprint density at radius 2 is 2.22 bits per heavy atom. The molecule has 1 atom stereocenters. The summed E-state index contributed by atoms with van der Waals surface area (Å²) in [5.74, 6) is 1.17. The van der Waals surface area contributed by atoms with Gasteiger partial charge >= 0.3 is 0 Å². The quantitative estimate of drug-likeness (QED) is 0.888. The average Bonchev–Trinajstić information content (AvgIpc) is 3.21. The topological polar surface area (TPSA) is 52.3 Å². The highest BCUT2D eigenvalue weighted by molar-refractivity contribution is 5.94. The van der Waals surface area contributed by atoms with E-state index in [1.54, 1.807) is 7.11 Å². The first-order chi connectivity index (χ1) is 8.66. The zero-order valence-electron chi connectivity index (χ0n) is 10.7. The number of ether oxygens (including phenoxy) is 1. The van der Waals surface area contributed by atoms with Crippen molar-refractivity contribution in [2.24, 2.45) is 11.7 Å². The number of hydrogen-bond acceptors (Lipinski definition) is 3. The van der Waals surface area contributed by atoms with Crippen LogP contribution in [-0.2, 0) is 16.8 Å². The van der Waals surface area contributed by atoms with Crippen LogP contribution in [0, 0.1) is 5.92 Å². The van der Waals surface area contributed by atoms with Gasteiger partial charge in [0.15, 0.2) is 5.78 Å². The highest BCUT2D eigenvalue weighted by Crippen LogP contribution is 2.45. The molecule has 2 aliphatic rings. The monoisotopic (exact) mass is 245 g/mol. The van der Waals surface area contributed by atoms with E-state index in [2.05, 4.69) is 6.07 Å². The molecule has 2 aliphatic carbocycles. The highest BCUT2D eigenvalue weighted by Gasteiger charge is 2.47. The van der Waals surface area contributed by atoms with E-state index in [1.807, 2.05) is 12.1 Å². The molecule has 96 valence electrons. The Morgan fingerprint density at radius 1 is 1.44 bits per heavy atom. The van der Waals surface area contributed by atoms with Crippen molar-refractivity contribution in [1.29, 1.82) is 0 Å². The van der Waals surface area contributed by atoms with Crippen LogP contribution in [0.15, 0.2) is 18.2 Å². The van der Waals surface area contributed by atoms with E-state index in [-0.39, 0.29) is 11.7 Å². The molecule has 1 aromatic carbocycles. The zero-order chi connectivity index (χ0) is 12.8. The van der Waals surface area contributed by atoms with Gasteiger partial charge in [-0.2, -0.15) is 0 Å². The lowest BCUT2D eigenvalue weighted by Gasteiger charge is -2.35. The third kappa shape index (κ3) is 1.65. The maximum absolute atomic E-state index is 12.5. The molecule has 0 bridgehead atoms. The largest absolute Gasteiger partial charge is 0.496 e. The van der Waals surface area contributed by atoms with E-state index in [1.165, 1.54) is 5.56 Å². The van der Waals surface area contributed by atoms with Crippen molar-refractivity contribution in [3.8, 4) is 5.75 Å². The number of nitrogens with two attached hydrogens (primary N) is 1. The summed E-state index contributed by atoms with van der Waals surface area (Å²) in [6, 6.07) is 5.95. The summed E-state index contributed by atoms with van der Waals surface area (Å²) in [7, 11) is 1.65. The molecule has 0 radical (unpaired) electrons. The molecule has 3 rings (SSSR count). The molecule has 0 amide bonds. The van der Waals surface area contributed by atoms with E-state index < -0.39 is 5.54 Å². The summed E-state index contributed by atoms with van der Waals surface area (Å²) in [4.78, 5) is 12.5. The van der Waals surface area contributed by atoms with Gasteiger partial charge in [-0.15, -0.1) is 0 Å². The average molecular weight is 245 g/mol. The van der Waals surface area contributed by atoms with Crippen molar-refractivity contribution in [3.63, 3.8) is 0 Å². The van der Waals surface area contributed by atoms with Crippen LogP contribution in [0.4, 0.5) is 0 Å². The van der Waals surface area contributed by atoms with Gasteiger partial charge in [-0.1, -0.05) is 12.1 Å². The molecular weight excluding hydrogens is 226 g/mol. The number of hydrogen-bond donors (Lipinski definition) is 1. The minimum Gasteiger partial charge on any atom is -0.496 e. The van der Waals surface area contributed by atoms with Crippen LogP contribution in [-0.4, -0.2) is 12.9 Å². The second-order valence-corrected chi connectivity index (χ2v) is 5.46. The number of carbonyl (C=O) groups is 1. The van der Waals surface area contributed by atoms with Gasteiger partial charge in [0.1, 0.15) is 11.3 Å². The predicted molar refractivity (Wildman–Crippen MR) is 69.5 cm³/mol. The van der Waals surface area contributed by atoms with E-state index in [0.717, 1.165) is 43.4 Å². The lowest BCUT2D eigenvalue weighted by molar-refractivity contribution is -0.126. The number of ketones is 1. The molecule has 2 N–H and O–H groups in total. The van der Waals surface area contributed by atoms with Crippen molar-refractivity contribution in [2.45, 2.75) is 37.6 Å². The maximum atomic E-state index is 12.5. The number of carbonyl (C=O) groups excluding carboxylic acids is 1. The third-order valence-electron chi connectivity index (χ3n) is 4.18. The van der Waals surface area contributed by atoms with Gasteiger partial charge in [-0.05, 0) is 43.7 Å². The molecule has 18 heavy (non-hydrogen) atoms. The van der Waals surface area contributed by atoms with Crippen LogP contribution in [0.3, 0.4) is 0 Å². The minimum atomic E-state index is -0.818. The molecule has 1 fully saturated rings. The van der Waals surface area contributed by atoms with Crippen LogP contribution in [0.1, 0.15) is 36.8 Å². The number of rotatable bonds is 3. The SMILES string of the molecule is COc1cccc2c1C(N)(C(=O)C1CC1)CCC2. The molecule has 1 aromatic rings. The van der Waals surface area contributed by atoms with Crippen LogP contribution in [0.2, 0.25) is 0 Å². The van der Waals surface area contributed by atoms with Gasteiger partial charge < -0.3 is 10.5 Å². The van der Waals surface area contributed by atoms with Crippen LogP contribution in [0.5, 0.6) is 5.75 Å². The fourth-order valence-corrected chi connectivity index (χ4v) is 3.10. The first-order valence-electron chi connectivity index (χ1n) is 6.66.